The lowest BCUT2D eigenvalue weighted by molar-refractivity contribution is 0.0954. The minimum absolute atomic E-state index is 0.0702. The van der Waals surface area contributed by atoms with Gasteiger partial charge in [0.2, 0.25) is 0 Å². The Morgan fingerprint density at radius 2 is 2.25 bits per heavy atom. The zero-order chi connectivity index (χ0) is 14.1. The molecule has 1 aromatic carbocycles. The molecule has 0 atom stereocenters. The van der Waals surface area contributed by atoms with Crippen molar-refractivity contribution in [3.63, 3.8) is 0 Å². The fourth-order valence-corrected chi connectivity index (χ4v) is 3.83. The van der Waals surface area contributed by atoms with Gasteiger partial charge in [-0.3, -0.25) is 4.79 Å². The summed E-state index contributed by atoms with van der Waals surface area (Å²) in [4.78, 5) is 12.8. The summed E-state index contributed by atoms with van der Waals surface area (Å²) < 4.78 is 0.958. The summed E-state index contributed by atoms with van der Waals surface area (Å²) in [6, 6.07) is 5.52. The van der Waals surface area contributed by atoms with E-state index in [4.69, 9.17) is 17.3 Å². The summed E-state index contributed by atoms with van der Waals surface area (Å²) in [5.74, 6) is 0.730. The molecule has 1 fully saturated rings. The average Bonchev–Trinajstić information content (AvgIpc) is 2.69. The fourth-order valence-electron chi connectivity index (χ4n) is 2.51. The second kappa shape index (κ2) is 5.62. The zero-order valence-electron chi connectivity index (χ0n) is 11.1. The first-order valence-electron chi connectivity index (χ1n) is 6.91. The highest BCUT2D eigenvalue weighted by Crippen LogP contribution is 2.35. The van der Waals surface area contributed by atoms with Crippen LogP contribution in [-0.2, 0) is 0 Å². The lowest BCUT2D eigenvalue weighted by atomic mass is 9.83. The van der Waals surface area contributed by atoms with Crippen LogP contribution in [0.25, 0.3) is 10.1 Å². The van der Waals surface area contributed by atoms with E-state index in [1.807, 2.05) is 12.1 Å². The van der Waals surface area contributed by atoms with Crippen LogP contribution in [-0.4, -0.2) is 12.5 Å². The molecule has 20 heavy (non-hydrogen) atoms. The van der Waals surface area contributed by atoms with Gasteiger partial charge in [0.1, 0.15) is 4.88 Å². The van der Waals surface area contributed by atoms with Crippen LogP contribution in [0.1, 0.15) is 35.4 Å². The molecule has 0 radical (unpaired) electrons. The number of carbonyl (C=O) groups is 1. The molecule has 2 aromatic rings. The Hall–Kier alpha value is -1.26. The third-order valence-corrected chi connectivity index (χ3v) is 5.36. The number of halogens is 1. The van der Waals surface area contributed by atoms with Crippen LogP contribution in [0.2, 0.25) is 5.02 Å². The van der Waals surface area contributed by atoms with Crippen LogP contribution < -0.4 is 11.1 Å². The topological polar surface area (TPSA) is 55.1 Å². The monoisotopic (exact) mass is 308 g/mol. The van der Waals surface area contributed by atoms with Crippen molar-refractivity contribution in [3.8, 4) is 0 Å². The first-order chi connectivity index (χ1) is 9.65. The molecule has 0 aliphatic heterocycles. The molecule has 1 aliphatic carbocycles. The average molecular weight is 309 g/mol. The highest BCUT2D eigenvalue weighted by molar-refractivity contribution is 7.21. The number of hydrogen-bond donors (Lipinski definition) is 2. The third kappa shape index (κ3) is 2.63. The minimum Gasteiger partial charge on any atom is -0.397 e. The first kappa shape index (κ1) is 13.7. The van der Waals surface area contributed by atoms with E-state index in [9.17, 15) is 4.79 Å². The van der Waals surface area contributed by atoms with Crippen LogP contribution in [0.3, 0.4) is 0 Å². The molecule has 0 unspecified atom stereocenters. The van der Waals surface area contributed by atoms with E-state index in [0.29, 0.717) is 15.6 Å². The van der Waals surface area contributed by atoms with Gasteiger partial charge in [0.05, 0.1) is 5.69 Å². The molecule has 3 nitrogen and oxygen atoms in total. The molecule has 0 spiro atoms. The van der Waals surface area contributed by atoms with Crippen LogP contribution in [0.5, 0.6) is 0 Å². The summed E-state index contributed by atoms with van der Waals surface area (Å²) in [6.45, 7) is 0.734. The Balaban J connectivity index is 1.71. The molecule has 0 saturated heterocycles. The van der Waals surface area contributed by atoms with E-state index in [2.05, 4.69) is 5.32 Å². The number of fused-ring (bicyclic) bond motifs is 1. The van der Waals surface area contributed by atoms with Crippen molar-refractivity contribution < 1.29 is 4.79 Å². The van der Waals surface area contributed by atoms with Gasteiger partial charge in [-0.25, -0.2) is 0 Å². The predicted molar refractivity (Wildman–Crippen MR) is 85.5 cm³/mol. The molecular formula is C15H17ClN2OS. The van der Waals surface area contributed by atoms with Gasteiger partial charge < -0.3 is 11.1 Å². The van der Waals surface area contributed by atoms with Crippen LogP contribution in [0.15, 0.2) is 18.2 Å². The number of thiophene rings is 1. The van der Waals surface area contributed by atoms with Crippen molar-refractivity contribution in [2.75, 3.05) is 12.3 Å². The number of benzene rings is 1. The van der Waals surface area contributed by atoms with Crippen LogP contribution in [0, 0.1) is 5.92 Å². The van der Waals surface area contributed by atoms with Crippen molar-refractivity contribution in [2.45, 2.75) is 25.7 Å². The van der Waals surface area contributed by atoms with E-state index in [-0.39, 0.29) is 5.91 Å². The maximum absolute atomic E-state index is 12.2. The van der Waals surface area contributed by atoms with Crippen LogP contribution in [0.4, 0.5) is 5.69 Å². The van der Waals surface area contributed by atoms with Crippen molar-refractivity contribution in [3.05, 3.63) is 28.1 Å². The van der Waals surface area contributed by atoms with Gasteiger partial charge in [-0.1, -0.05) is 30.9 Å². The summed E-state index contributed by atoms with van der Waals surface area (Å²) in [6.07, 6.45) is 5.02. The summed E-state index contributed by atoms with van der Waals surface area (Å²) in [5, 5.41) is 4.54. The molecule has 106 valence electrons. The Morgan fingerprint density at radius 1 is 1.45 bits per heavy atom. The van der Waals surface area contributed by atoms with Crippen molar-refractivity contribution in [1.82, 2.24) is 5.32 Å². The summed E-state index contributed by atoms with van der Waals surface area (Å²) in [7, 11) is 0. The SMILES string of the molecule is Nc1c(C(=O)NCCC2CCC2)sc2cc(Cl)ccc12. The number of nitrogen functional groups attached to an aromatic ring is 1. The molecule has 3 N–H and O–H groups in total. The maximum Gasteiger partial charge on any atom is 0.263 e. The molecule has 3 rings (SSSR count). The van der Waals surface area contributed by atoms with Crippen molar-refractivity contribution in [2.24, 2.45) is 5.92 Å². The molecule has 5 heteroatoms. The second-order valence-electron chi connectivity index (χ2n) is 5.33. The number of hydrogen-bond acceptors (Lipinski definition) is 3. The molecule has 1 aliphatic rings. The third-order valence-electron chi connectivity index (χ3n) is 3.96. The smallest absolute Gasteiger partial charge is 0.263 e. The minimum atomic E-state index is -0.0702. The van der Waals surface area contributed by atoms with Gasteiger partial charge >= 0.3 is 0 Å². The quantitative estimate of drug-likeness (QED) is 0.895. The molecule has 1 amide bonds. The van der Waals surface area contributed by atoms with E-state index in [0.717, 1.165) is 29.0 Å². The second-order valence-corrected chi connectivity index (χ2v) is 6.82. The molecule has 1 aromatic heterocycles. The maximum atomic E-state index is 12.2. The van der Waals surface area contributed by atoms with Gasteiger partial charge in [-0.15, -0.1) is 11.3 Å². The number of anilines is 1. The Kier molecular flexibility index (Phi) is 3.85. The number of carbonyl (C=O) groups excluding carboxylic acids is 1. The van der Waals surface area contributed by atoms with E-state index in [1.165, 1.54) is 30.6 Å². The van der Waals surface area contributed by atoms with Gasteiger partial charge in [0, 0.05) is 21.7 Å². The zero-order valence-corrected chi connectivity index (χ0v) is 12.7. The molecule has 1 heterocycles. The Bertz CT molecular complexity index is 649. The van der Waals surface area contributed by atoms with Gasteiger partial charge in [0.25, 0.3) is 5.91 Å². The van der Waals surface area contributed by atoms with Gasteiger partial charge in [0.15, 0.2) is 0 Å². The largest absolute Gasteiger partial charge is 0.397 e. The van der Waals surface area contributed by atoms with E-state index >= 15 is 0 Å². The van der Waals surface area contributed by atoms with Gasteiger partial charge in [-0.2, -0.15) is 0 Å². The lowest BCUT2D eigenvalue weighted by Crippen LogP contribution is -2.27. The molecular weight excluding hydrogens is 292 g/mol. The number of amides is 1. The molecule has 0 bridgehead atoms. The lowest BCUT2D eigenvalue weighted by Gasteiger charge is -2.25. The van der Waals surface area contributed by atoms with Crippen LogP contribution >= 0.6 is 22.9 Å². The van der Waals surface area contributed by atoms with E-state index in [1.54, 1.807) is 6.07 Å². The number of rotatable bonds is 4. The highest BCUT2D eigenvalue weighted by atomic mass is 35.5. The molecule has 1 saturated carbocycles. The normalized spacial score (nSPS) is 15.2. The van der Waals surface area contributed by atoms with Gasteiger partial charge in [-0.05, 0) is 30.5 Å². The fraction of sp³-hybridized carbons (Fsp3) is 0.400. The Morgan fingerprint density at radius 3 is 2.95 bits per heavy atom. The standard InChI is InChI=1S/C15H17ClN2OS/c16-10-4-5-11-12(8-10)20-14(13(11)17)15(19)18-7-6-9-2-1-3-9/h4-5,8-9H,1-3,6-7,17H2,(H,18,19). The van der Waals surface area contributed by atoms with Crippen molar-refractivity contribution >= 4 is 44.6 Å². The first-order valence-corrected chi connectivity index (χ1v) is 8.10. The Labute approximate surface area is 127 Å². The number of nitrogens with two attached hydrogens (primary N) is 1. The highest BCUT2D eigenvalue weighted by Gasteiger charge is 2.19. The summed E-state index contributed by atoms with van der Waals surface area (Å²) in [5.41, 5.74) is 6.62. The summed E-state index contributed by atoms with van der Waals surface area (Å²) >= 11 is 7.37. The predicted octanol–water partition coefficient (Wildman–Crippen LogP) is 4.06. The number of nitrogens with one attached hydrogen (secondary N) is 1. The van der Waals surface area contributed by atoms with E-state index < -0.39 is 0 Å². The van der Waals surface area contributed by atoms with Crippen molar-refractivity contribution in [1.29, 1.82) is 0 Å².